The van der Waals surface area contributed by atoms with Crippen LogP contribution in [0.4, 0.5) is 10.1 Å². The van der Waals surface area contributed by atoms with Crippen molar-refractivity contribution in [1.82, 2.24) is 9.88 Å². The maximum atomic E-state index is 13.6. The van der Waals surface area contributed by atoms with Crippen LogP contribution in [0.15, 0.2) is 51.7 Å². The molecule has 6 nitrogen and oxygen atoms in total. The minimum Gasteiger partial charge on any atom is -0.408 e. The van der Waals surface area contributed by atoms with Crippen LogP contribution in [0.3, 0.4) is 0 Å². The van der Waals surface area contributed by atoms with Gasteiger partial charge in [-0.25, -0.2) is 9.18 Å². The number of rotatable bonds is 5. The number of aromatic nitrogens is 1. The lowest BCUT2D eigenvalue weighted by atomic mass is 10.2. The minimum absolute atomic E-state index is 0.115. The van der Waals surface area contributed by atoms with Crippen LogP contribution in [0, 0.1) is 5.82 Å². The quantitative estimate of drug-likeness (QED) is 0.746. The van der Waals surface area contributed by atoms with Crippen molar-refractivity contribution in [3.8, 4) is 0 Å². The average molecular weight is 343 g/mol. The molecule has 1 amide bonds. The first kappa shape index (κ1) is 16.8. The molecule has 130 valence electrons. The Balaban J connectivity index is 1.65. The first-order valence-electron chi connectivity index (χ1n) is 7.83. The molecule has 1 heterocycles. The lowest BCUT2D eigenvalue weighted by Gasteiger charge is -2.15. The van der Waals surface area contributed by atoms with Gasteiger partial charge in [0, 0.05) is 30.9 Å². The molecule has 0 bridgehead atoms. The minimum atomic E-state index is -0.542. The van der Waals surface area contributed by atoms with Crippen molar-refractivity contribution in [2.45, 2.75) is 19.5 Å². The highest BCUT2D eigenvalue weighted by atomic mass is 19.1. The van der Waals surface area contributed by atoms with Crippen molar-refractivity contribution >= 4 is 22.7 Å². The molecule has 2 aromatic carbocycles. The molecular weight excluding hydrogens is 325 g/mol. The summed E-state index contributed by atoms with van der Waals surface area (Å²) in [6, 6.07) is 10.9. The third-order valence-electron chi connectivity index (χ3n) is 3.98. The van der Waals surface area contributed by atoms with E-state index in [9.17, 15) is 14.0 Å². The molecule has 0 aliphatic heterocycles. The average Bonchev–Trinajstić information content (AvgIpc) is 2.87. The fourth-order valence-electron chi connectivity index (χ4n) is 2.52. The van der Waals surface area contributed by atoms with E-state index in [2.05, 4.69) is 10.6 Å². The van der Waals surface area contributed by atoms with Gasteiger partial charge in [-0.1, -0.05) is 18.2 Å². The first-order chi connectivity index (χ1) is 12.0. The van der Waals surface area contributed by atoms with Crippen molar-refractivity contribution in [3.05, 3.63) is 64.4 Å². The molecule has 0 saturated heterocycles. The molecular formula is C18H18FN3O3. The zero-order valence-electron chi connectivity index (χ0n) is 13.9. The van der Waals surface area contributed by atoms with Gasteiger partial charge in [-0.15, -0.1) is 0 Å². The van der Waals surface area contributed by atoms with E-state index in [1.807, 2.05) is 0 Å². The Labute approximate surface area is 143 Å². The van der Waals surface area contributed by atoms with Gasteiger partial charge >= 0.3 is 5.76 Å². The number of fused-ring (bicyclic) bond motifs is 1. The Hall–Kier alpha value is -3.09. The van der Waals surface area contributed by atoms with Crippen molar-refractivity contribution in [2.24, 2.45) is 7.05 Å². The maximum absolute atomic E-state index is 13.6. The monoisotopic (exact) mass is 343 g/mol. The summed E-state index contributed by atoms with van der Waals surface area (Å²) < 4.78 is 20.1. The second-order valence-electron chi connectivity index (χ2n) is 5.78. The van der Waals surface area contributed by atoms with E-state index in [1.165, 1.54) is 10.6 Å². The van der Waals surface area contributed by atoms with Crippen molar-refractivity contribution in [2.75, 3.05) is 5.32 Å². The molecule has 0 unspecified atom stereocenters. The molecule has 0 radical (unpaired) electrons. The number of halogens is 1. The van der Waals surface area contributed by atoms with Crippen LogP contribution in [0.1, 0.15) is 12.5 Å². The van der Waals surface area contributed by atoms with E-state index >= 15 is 0 Å². The Kier molecular flexibility index (Phi) is 4.56. The molecule has 0 saturated carbocycles. The predicted octanol–water partition coefficient (Wildman–Crippen LogP) is 2.39. The number of hydrogen-bond acceptors (Lipinski definition) is 4. The van der Waals surface area contributed by atoms with Gasteiger partial charge in [0.15, 0.2) is 5.58 Å². The van der Waals surface area contributed by atoms with Crippen LogP contribution in [0.25, 0.3) is 11.1 Å². The van der Waals surface area contributed by atoms with Gasteiger partial charge < -0.3 is 15.1 Å². The van der Waals surface area contributed by atoms with E-state index in [4.69, 9.17) is 4.42 Å². The fourth-order valence-corrected chi connectivity index (χ4v) is 2.52. The molecule has 0 spiro atoms. The number of carbonyl (C=O) groups is 1. The second-order valence-corrected chi connectivity index (χ2v) is 5.78. The molecule has 3 aromatic rings. The van der Waals surface area contributed by atoms with Gasteiger partial charge in [0.2, 0.25) is 5.91 Å². The normalized spacial score (nSPS) is 12.1. The summed E-state index contributed by atoms with van der Waals surface area (Å²) in [4.78, 5) is 23.7. The molecule has 2 N–H and O–H groups in total. The van der Waals surface area contributed by atoms with Crippen molar-refractivity contribution in [1.29, 1.82) is 0 Å². The van der Waals surface area contributed by atoms with Crippen LogP contribution in [-0.2, 0) is 18.4 Å². The molecule has 0 aliphatic rings. The summed E-state index contributed by atoms with van der Waals surface area (Å²) in [7, 11) is 1.63. The van der Waals surface area contributed by atoms with Gasteiger partial charge in [-0.3, -0.25) is 9.36 Å². The van der Waals surface area contributed by atoms with Crippen LogP contribution < -0.4 is 16.4 Å². The molecule has 25 heavy (non-hydrogen) atoms. The molecule has 0 fully saturated rings. The van der Waals surface area contributed by atoms with E-state index in [0.29, 0.717) is 22.4 Å². The lowest BCUT2D eigenvalue weighted by Crippen LogP contribution is -2.37. The third kappa shape index (κ3) is 3.55. The Morgan fingerprint density at radius 3 is 2.80 bits per heavy atom. The SMILES string of the molecule is C[C@H](Nc1ccc2c(c1)oc(=O)n2C)C(=O)NCc1ccccc1F. The summed E-state index contributed by atoms with van der Waals surface area (Å²) in [6.07, 6.45) is 0. The van der Waals surface area contributed by atoms with E-state index < -0.39 is 11.8 Å². The third-order valence-corrected chi connectivity index (χ3v) is 3.98. The van der Waals surface area contributed by atoms with Crippen LogP contribution >= 0.6 is 0 Å². The number of nitrogens with zero attached hydrogens (tertiary/aromatic N) is 1. The van der Waals surface area contributed by atoms with Gasteiger partial charge in [-0.05, 0) is 25.1 Å². The number of nitrogens with one attached hydrogen (secondary N) is 2. The van der Waals surface area contributed by atoms with Gasteiger partial charge in [-0.2, -0.15) is 0 Å². The van der Waals surface area contributed by atoms with Crippen molar-refractivity contribution < 1.29 is 13.6 Å². The number of carbonyl (C=O) groups excluding carboxylic acids is 1. The summed E-state index contributed by atoms with van der Waals surface area (Å²) in [5.41, 5.74) is 2.19. The largest absolute Gasteiger partial charge is 0.419 e. The van der Waals surface area contributed by atoms with Crippen LogP contribution in [0.5, 0.6) is 0 Å². The number of benzene rings is 2. The standard InChI is InChI=1S/C18H18FN3O3/c1-11(17(23)20-10-12-5-3-4-6-14(12)19)21-13-7-8-15-16(9-13)25-18(24)22(15)2/h3-9,11,21H,10H2,1-2H3,(H,20,23)/t11-/m0/s1. The number of anilines is 1. The highest BCUT2D eigenvalue weighted by Crippen LogP contribution is 2.18. The zero-order chi connectivity index (χ0) is 18.0. The second kappa shape index (κ2) is 6.80. The molecule has 1 aromatic heterocycles. The Morgan fingerprint density at radius 2 is 2.04 bits per heavy atom. The van der Waals surface area contributed by atoms with E-state index in [1.54, 1.807) is 50.4 Å². The Morgan fingerprint density at radius 1 is 1.28 bits per heavy atom. The highest BCUT2D eigenvalue weighted by molar-refractivity contribution is 5.85. The smallest absolute Gasteiger partial charge is 0.408 e. The van der Waals surface area contributed by atoms with Gasteiger partial charge in [0.25, 0.3) is 0 Å². The number of aryl methyl sites for hydroxylation is 1. The molecule has 1 atom stereocenters. The number of oxazole rings is 1. The van der Waals surface area contributed by atoms with E-state index in [0.717, 1.165) is 0 Å². The fraction of sp³-hybridized carbons (Fsp3) is 0.222. The van der Waals surface area contributed by atoms with Gasteiger partial charge in [0.05, 0.1) is 5.52 Å². The maximum Gasteiger partial charge on any atom is 0.419 e. The van der Waals surface area contributed by atoms with Crippen LogP contribution in [-0.4, -0.2) is 16.5 Å². The summed E-state index contributed by atoms with van der Waals surface area (Å²) >= 11 is 0. The predicted molar refractivity (Wildman–Crippen MR) is 92.8 cm³/mol. The summed E-state index contributed by atoms with van der Waals surface area (Å²) in [6.45, 7) is 1.81. The zero-order valence-corrected chi connectivity index (χ0v) is 13.9. The highest BCUT2D eigenvalue weighted by Gasteiger charge is 2.14. The topological polar surface area (TPSA) is 76.3 Å². The molecule has 7 heteroatoms. The van der Waals surface area contributed by atoms with Gasteiger partial charge in [0.1, 0.15) is 11.9 Å². The molecule has 0 aliphatic carbocycles. The molecule has 3 rings (SSSR count). The summed E-state index contributed by atoms with van der Waals surface area (Å²) in [5.74, 6) is -1.06. The Bertz CT molecular complexity index is 977. The van der Waals surface area contributed by atoms with Crippen molar-refractivity contribution in [3.63, 3.8) is 0 Å². The van der Waals surface area contributed by atoms with E-state index in [-0.39, 0.29) is 18.3 Å². The van der Waals surface area contributed by atoms with Crippen LogP contribution in [0.2, 0.25) is 0 Å². The summed E-state index contributed by atoms with van der Waals surface area (Å²) in [5, 5.41) is 5.73. The first-order valence-corrected chi connectivity index (χ1v) is 7.83. The number of amides is 1. The number of hydrogen-bond donors (Lipinski definition) is 2. The lowest BCUT2D eigenvalue weighted by molar-refractivity contribution is -0.121.